The van der Waals surface area contributed by atoms with Gasteiger partial charge in [-0.1, -0.05) is 69.3 Å². The highest BCUT2D eigenvalue weighted by atomic mass is 28.4. The fraction of sp³-hybridized carbons (Fsp3) is 0.515. The van der Waals surface area contributed by atoms with Crippen LogP contribution in [0.5, 0.6) is 0 Å². The Morgan fingerprint density at radius 3 is 2.33 bits per heavy atom. The van der Waals surface area contributed by atoms with E-state index >= 15 is 0 Å². The molecule has 5 rings (SSSR count). The van der Waals surface area contributed by atoms with Gasteiger partial charge in [0.2, 0.25) is 0 Å². The minimum atomic E-state index is -2.17. The van der Waals surface area contributed by atoms with Gasteiger partial charge in [0.05, 0.1) is 18.2 Å². The number of morpholine rings is 1. The third-order valence-corrected chi connectivity index (χ3v) is 13.2. The molecule has 226 valence electrons. The number of para-hydroxylation sites is 1. The number of carbonyl (C=O) groups excluding carboxylic acids is 2. The van der Waals surface area contributed by atoms with Crippen LogP contribution < -0.4 is 0 Å². The first kappa shape index (κ1) is 30.5. The van der Waals surface area contributed by atoms with Crippen molar-refractivity contribution < 1.29 is 28.3 Å². The van der Waals surface area contributed by atoms with Gasteiger partial charge in [-0.3, -0.25) is 14.2 Å². The lowest BCUT2D eigenvalue weighted by molar-refractivity contribution is -0.256. The molecule has 2 aliphatic rings. The van der Waals surface area contributed by atoms with Gasteiger partial charge in [0, 0.05) is 24.4 Å². The number of nitrogens with zero attached hydrogens (tertiary/aromatic N) is 2. The monoisotopic (exact) mass is 592 g/mol. The van der Waals surface area contributed by atoms with Gasteiger partial charge in [0.25, 0.3) is 0 Å². The maximum Gasteiger partial charge on any atom is 0.419 e. The van der Waals surface area contributed by atoms with E-state index in [4.69, 9.17) is 18.7 Å². The first-order valence-electron chi connectivity index (χ1n) is 14.7. The fourth-order valence-electron chi connectivity index (χ4n) is 5.45. The predicted molar refractivity (Wildman–Crippen MR) is 165 cm³/mol. The summed E-state index contributed by atoms with van der Waals surface area (Å²) in [4.78, 5) is 33.3. The van der Waals surface area contributed by atoms with Crippen LogP contribution in [0.4, 0.5) is 4.79 Å². The zero-order valence-corrected chi connectivity index (χ0v) is 27.1. The van der Waals surface area contributed by atoms with Crippen LogP contribution in [-0.4, -0.2) is 60.5 Å². The van der Waals surface area contributed by atoms with Crippen molar-refractivity contribution in [2.45, 2.75) is 95.8 Å². The van der Waals surface area contributed by atoms with Crippen molar-refractivity contribution in [3.8, 4) is 0 Å². The average molecular weight is 593 g/mol. The largest absolute Gasteiger partial charge is 0.462 e. The van der Waals surface area contributed by atoms with Crippen LogP contribution in [-0.2, 0) is 30.0 Å². The number of aromatic nitrogens is 1. The first-order chi connectivity index (χ1) is 19.6. The smallest absolute Gasteiger partial charge is 0.419 e. The standard InChI is InChI=1S/C33H44N2O6Si/c1-31(2,3)40-30(37)34-20-24(25-16-12-13-17-26(25)34)18-33(22-39-42(7,8)32(4,5)6)19-27-29(36)38-21-28(35(27)41-33)23-14-10-9-11-15-23/h9-17,20,27-28H,18-19,21-22H2,1-8H3/t27-,28+,33-/m0/s1. The quantitative estimate of drug-likeness (QED) is 0.225. The van der Waals surface area contributed by atoms with Crippen LogP contribution >= 0.6 is 0 Å². The Bertz CT molecular complexity index is 1450. The van der Waals surface area contributed by atoms with Gasteiger partial charge in [0.15, 0.2) is 8.32 Å². The van der Waals surface area contributed by atoms with Crippen LogP contribution in [0.25, 0.3) is 10.9 Å². The molecule has 0 unspecified atom stereocenters. The highest BCUT2D eigenvalue weighted by Crippen LogP contribution is 2.45. The van der Waals surface area contributed by atoms with Crippen molar-refractivity contribution in [2.75, 3.05) is 13.2 Å². The Hall–Kier alpha value is -2.98. The van der Waals surface area contributed by atoms with Crippen LogP contribution in [0.3, 0.4) is 0 Å². The lowest BCUT2D eigenvalue weighted by Crippen LogP contribution is -2.48. The van der Waals surface area contributed by atoms with Gasteiger partial charge in [-0.15, -0.1) is 0 Å². The highest BCUT2D eigenvalue weighted by Gasteiger charge is 2.55. The summed E-state index contributed by atoms with van der Waals surface area (Å²) >= 11 is 0. The van der Waals surface area contributed by atoms with E-state index in [-0.39, 0.29) is 23.7 Å². The molecular weight excluding hydrogens is 548 g/mol. The van der Waals surface area contributed by atoms with Crippen molar-refractivity contribution in [1.82, 2.24) is 9.63 Å². The van der Waals surface area contributed by atoms with E-state index < -0.39 is 31.7 Å². The van der Waals surface area contributed by atoms with Crippen LogP contribution in [0.1, 0.15) is 65.1 Å². The lowest BCUT2D eigenvalue weighted by Gasteiger charge is -2.40. The molecule has 42 heavy (non-hydrogen) atoms. The van der Waals surface area contributed by atoms with Crippen LogP contribution in [0.15, 0.2) is 60.8 Å². The van der Waals surface area contributed by atoms with Gasteiger partial charge < -0.3 is 13.9 Å². The Balaban J connectivity index is 1.55. The topological polar surface area (TPSA) is 79.2 Å². The van der Waals surface area contributed by atoms with Crippen molar-refractivity contribution in [3.63, 3.8) is 0 Å². The molecule has 0 spiro atoms. The van der Waals surface area contributed by atoms with Gasteiger partial charge >= 0.3 is 12.1 Å². The summed E-state index contributed by atoms with van der Waals surface area (Å²) in [5.74, 6) is -0.285. The molecule has 1 aromatic heterocycles. The third-order valence-electron chi connectivity index (χ3n) is 8.72. The van der Waals surface area contributed by atoms with Crippen LogP contribution in [0.2, 0.25) is 18.1 Å². The van der Waals surface area contributed by atoms with E-state index in [2.05, 4.69) is 33.9 Å². The molecule has 0 radical (unpaired) electrons. The van der Waals surface area contributed by atoms with E-state index in [0.717, 1.165) is 22.0 Å². The van der Waals surface area contributed by atoms with Gasteiger partial charge in [-0.2, -0.15) is 5.06 Å². The molecule has 0 saturated carbocycles. The van der Waals surface area contributed by atoms with Crippen molar-refractivity contribution in [2.24, 2.45) is 0 Å². The summed E-state index contributed by atoms with van der Waals surface area (Å²) in [6, 6.07) is 17.0. The van der Waals surface area contributed by atoms with Crippen molar-refractivity contribution in [3.05, 3.63) is 71.9 Å². The van der Waals surface area contributed by atoms with Crippen molar-refractivity contribution in [1.29, 1.82) is 0 Å². The minimum absolute atomic E-state index is 0.00190. The molecule has 0 N–H and O–H groups in total. The zero-order chi connectivity index (χ0) is 30.5. The van der Waals surface area contributed by atoms with Gasteiger partial charge in [-0.25, -0.2) is 4.79 Å². The summed E-state index contributed by atoms with van der Waals surface area (Å²) in [5, 5.41) is 2.77. The molecule has 2 fully saturated rings. The van der Waals surface area contributed by atoms with E-state index in [1.807, 2.05) is 86.6 Å². The molecule has 0 bridgehead atoms. The molecule has 2 aromatic carbocycles. The number of fused-ring (bicyclic) bond motifs is 2. The molecule has 2 aliphatic heterocycles. The van der Waals surface area contributed by atoms with Gasteiger partial charge in [0.1, 0.15) is 23.9 Å². The van der Waals surface area contributed by atoms with Crippen molar-refractivity contribution >= 4 is 31.3 Å². The molecule has 3 aromatic rings. The number of rotatable bonds is 6. The zero-order valence-electron chi connectivity index (χ0n) is 26.1. The number of hydrogen-bond acceptors (Lipinski definition) is 7. The second-order valence-corrected chi connectivity index (χ2v) is 19.0. The Labute approximate surface area is 250 Å². The first-order valence-corrected chi connectivity index (χ1v) is 17.7. The molecule has 9 heteroatoms. The number of ether oxygens (including phenoxy) is 2. The van der Waals surface area contributed by atoms with Crippen LogP contribution in [0, 0.1) is 0 Å². The Kier molecular flexibility index (Phi) is 7.93. The molecule has 0 amide bonds. The Morgan fingerprint density at radius 2 is 1.67 bits per heavy atom. The number of hydroxylamine groups is 2. The molecule has 3 heterocycles. The number of esters is 1. The van der Waals surface area contributed by atoms with E-state index in [1.165, 1.54) is 0 Å². The third kappa shape index (κ3) is 6.06. The lowest BCUT2D eigenvalue weighted by atomic mass is 9.89. The maximum absolute atomic E-state index is 13.2. The molecule has 3 atom stereocenters. The second-order valence-electron chi connectivity index (χ2n) is 14.2. The number of hydrogen-bond donors (Lipinski definition) is 0. The minimum Gasteiger partial charge on any atom is -0.462 e. The highest BCUT2D eigenvalue weighted by molar-refractivity contribution is 6.74. The van der Waals surface area contributed by atoms with Gasteiger partial charge in [-0.05, 0) is 56.1 Å². The predicted octanol–water partition coefficient (Wildman–Crippen LogP) is 7.03. The fourth-order valence-corrected chi connectivity index (χ4v) is 6.51. The summed E-state index contributed by atoms with van der Waals surface area (Å²) < 4.78 is 19.8. The number of benzene rings is 2. The van der Waals surface area contributed by atoms with E-state index in [1.54, 1.807) is 4.57 Å². The molecule has 2 saturated heterocycles. The Morgan fingerprint density at radius 1 is 1.00 bits per heavy atom. The maximum atomic E-state index is 13.2. The molecule has 8 nitrogen and oxygen atoms in total. The average Bonchev–Trinajstić information content (AvgIpc) is 3.47. The van der Waals surface area contributed by atoms with E-state index in [0.29, 0.717) is 19.4 Å². The SMILES string of the molecule is CC(C)(C)OC(=O)n1cc(C[C@@]2(CO[Si](C)(C)C(C)(C)C)C[C@H]3C(=O)OC[C@H](c4ccccc4)N3O2)c2ccccc21. The number of cyclic esters (lactones) is 1. The van der Waals surface area contributed by atoms with E-state index in [9.17, 15) is 9.59 Å². The second kappa shape index (κ2) is 10.9. The normalized spacial score (nSPS) is 23.6. The molecular formula is C33H44N2O6Si. The molecule has 0 aliphatic carbocycles. The summed E-state index contributed by atoms with van der Waals surface area (Å²) in [5.41, 5.74) is 1.24. The summed E-state index contributed by atoms with van der Waals surface area (Å²) in [6.45, 7) is 17.2. The summed E-state index contributed by atoms with van der Waals surface area (Å²) in [6.07, 6.45) is 2.27. The summed E-state index contributed by atoms with van der Waals surface area (Å²) in [7, 11) is -2.17. The number of carbonyl (C=O) groups is 2.